The van der Waals surface area contributed by atoms with E-state index >= 15 is 0 Å². The number of benzene rings is 2. The van der Waals surface area contributed by atoms with Gasteiger partial charge in [-0.2, -0.15) is 0 Å². The monoisotopic (exact) mass is 432 g/mol. The number of hydrogen-bond acceptors (Lipinski definition) is 5. The molecule has 1 saturated heterocycles. The van der Waals surface area contributed by atoms with Crippen LogP contribution in [-0.2, 0) is 9.59 Å². The summed E-state index contributed by atoms with van der Waals surface area (Å²) in [5.41, 5.74) is 0.729. The van der Waals surface area contributed by atoms with E-state index in [0.29, 0.717) is 42.8 Å². The van der Waals surface area contributed by atoms with Gasteiger partial charge in [0.1, 0.15) is 13.2 Å². The minimum Gasteiger partial charge on any atom is -0.486 e. The number of halogens is 1. The molecule has 0 radical (unpaired) electrons. The molecule has 2 aliphatic heterocycles. The van der Waals surface area contributed by atoms with E-state index < -0.39 is 0 Å². The molecule has 152 valence electrons. The maximum atomic E-state index is 12.5. The van der Waals surface area contributed by atoms with Crippen LogP contribution in [0, 0.1) is 5.92 Å². The topological polar surface area (TPSA) is 67.9 Å². The second-order valence-electron chi connectivity index (χ2n) is 6.83. The van der Waals surface area contributed by atoms with E-state index in [1.54, 1.807) is 28.8 Å². The molecule has 0 aliphatic carbocycles. The number of nitrogens with one attached hydrogen (secondary N) is 1. The predicted molar refractivity (Wildman–Crippen MR) is 113 cm³/mol. The van der Waals surface area contributed by atoms with Crippen molar-refractivity contribution in [2.45, 2.75) is 11.3 Å². The zero-order chi connectivity index (χ0) is 20.2. The van der Waals surface area contributed by atoms with Crippen molar-refractivity contribution in [2.24, 2.45) is 5.92 Å². The molecule has 0 aromatic heterocycles. The molecule has 8 heteroatoms. The van der Waals surface area contributed by atoms with Gasteiger partial charge >= 0.3 is 0 Å². The smallest absolute Gasteiger partial charge is 0.227 e. The number of carbonyl (C=O) groups excluding carboxylic acids is 2. The summed E-state index contributed by atoms with van der Waals surface area (Å²) in [5.74, 6) is 1.57. The fraction of sp³-hybridized carbons (Fsp3) is 0.333. The molecular formula is C21H21ClN2O4S. The van der Waals surface area contributed by atoms with Crippen LogP contribution in [0.15, 0.2) is 47.4 Å². The largest absolute Gasteiger partial charge is 0.486 e. The Balaban J connectivity index is 1.28. The lowest BCUT2D eigenvalue weighted by atomic mass is 10.1. The Morgan fingerprint density at radius 3 is 2.69 bits per heavy atom. The Hall–Kier alpha value is -2.38. The van der Waals surface area contributed by atoms with Gasteiger partial charge in [-0.3, -0.25) is 9.59 Å². The normalized spacial score (nSPS) is 18.0. The Morgan fingerprint density at radius 2 is 1.90 bits per heavy atom. The van der Waals surface area contributed by atoms with Gasteiger partial charge < -0.3 is 19.7 Å². The van der Waals surface area contributed by atoms with E-state index in [9.17, 15) is 9.59 Å². The molecule has 0 spiro atoms. The maximum absolute atomic E-state index is 12.5. The SMILES string of the molecule is O=C(NCCSc1ccc(Cl)cc1)[C@@H]1CC(=O)N(c2ccc3c(c2)OCCO3)C1. The molecule has 0 unspecified atom stereocenters. The van der Waals surface area contributed by atoms with Gasteiger partial charge in [0.2, 0.25) is 11.8 Å². The summed E-state index contributed by atoms with van der Waals surface area (Å²) >= 11 is 7.53. The van der Waals surface area contributed by atoms with Crippen molar-refractivity contribution in [2.75, 3.05) is 37.0 Å². The molecule has 2 aromatic rings. The summed E-state index contributed by atoms with van der Waals surface area (Å²) in [6.07, 6.45) is 0.213. The first-order valence-corrected chi connectivity index (χ1v) is 10.8. The first-order valence-electron chi connectivity index (χ1n) is 9.46. The van der Waals surface area contributed by atoms with Gasteiger partial charge in [-0.1, -0.05) is 11.6 Å². The lowest BCUT2D eigenvalue weighted by Crippen LogP contribution is -2.34. The van der Waals surface area contributed by atoms with E-state index in [1.165, 1.54) is 0 Å². The summed E-state index contributed by atoms with van der Waals surface area (Å²) in [6, 6.07) is 13.0. The van der Waals surface area contributed by atoms with Gasteiger partial charge in [0, 0.05) is 46.9 Å². The molecule has 2 aromatic carbocycles. The van der Waals surface area contributed by atoms with Gasteiger partial charge in [0.15, 0.2) is 11.5 Å². The molecule has 6 nitrogen and oxygen atoms in total. The first kappa shape index (κ1) is 19.9. The Labute approximate surface area is 178 Å². The Kier molecular flexibility index (Phi) is 6.16. The number of fused-ring (bicyclic) bond motifs is 1. The third kappa shape index (κ3) is 4.79. The molecule has 29 heavy (non-hydrogen) atoms. The highest BCUT2D eigenvalue weighted by Gasteiger charge is 2.35. The molecule has 0 saturated carbocycles. The summed E-state index contributed by atoms with van der Waals surface area (Å²) in [4.78, 5) is 27.7. The second-order valence-corrected chi connectivity index (χ2v) is 8.43. The van der Waals surface area contributed by atoms with Crippen LogP contribution in [-0.4, -0.2) is 43.9 Å². The van der Waals surface area contributed by atoms with Crippen molar-refractivity contribution in [3.8, 4) is 11.5 Å². The number of rotatable bonds is 6. The number of anilines is 1. The van der Waals surface area contributed by atoms with Crippen molar-refractivity contribution in [1.29, 1.82) is 0 Å². The summed E-state index contributed by atoms with van der Waals surface area (Å²) < 4.78 is 11.1. The number of ether oxygens (including phenoxy) is 2. The molecule has 0 bridgehead atoms. The average molecular weight is 433 g/mol. The quantitative estimate of drug-likeness (QED) is 0.560. The summed E-state index contributed by atoms with van der Waals surface area (Å²) in [6.45, 7) is 1.92. The number of amides is 2. The number of nitrogens with zero attached hydrogens (tertiary/aromatic N) is 1. The number of thioether (sulfide) groups is 1. The third-order valence-electron chi connectivity index (χ3n) is 4.82. The summed E-state index contributed by atoms with van der Waals surface area (Å²) in [7, 11) is 0. The van der Waals surface area contributed by atoms with Crippen molar-refractivity contribution in [3.05, 3.63) is 47.5 Å². The van der Waals surface area contributed by atoms with E-state index in [-0.39, 0.29) is 24.2 Å². The lowest BCUT2D eigenvalue weighted by Gasteiger charge is -2.22. The van der Waals surface area contributed by atoms with Crippen LogP contribution >= 0.6 is 23.4 Å². The highest BCUT2D eigenvalue weighted by Crippen LogP contribution is 2.36. The first-order chi connectivity index (χ1) is 14.1. The molecular weight excluding hydrogens is 412 g/mol. The predicted octanol–water partition coefficient (Wildman–Crippen LogP) is 3.37. The van der Waals surface area contributed by atoms with Crippen LogP contribution in [0.4, 0.5) is 5.69 Å². The van der Waals surface area contributed by atoms with Crippen molar-refractivity contribution in [3.63, 3.8) is 0 Å². The van der Waals surface area contributed by atoms with Gasteiger partial charge in [0.25, 0.3) is 0 Å². The minimum absolute atomic E-state index is 0.0580. The highest BCUT2D eigenvalue weighted by molar-refractivity contribution is 7.99. The van der Waals surface area contributed by atoms with E-state index in [4.69, 9.17) is 21.1 Å². The third-order valence-corrected chi connectivity index (χ3v) is 6.08. The average Bonchev–Trinajstić information content (AvgIpc) is 3.14. The van der Waals surface area contributed by atoms with Crippen LogP contribution < -0.4 is 19.7 Å². The zero-order valence-corrected chi connectivity index (χ0v) is 17.3. The maximum Gasteiger partial charge on any atom is 0.227 e. The van der Waals surface area contributed by atoms with E-state index in [0.717, 1.165) is 16.3 Å². The molecule has 1 atom stereocenters. The standard InChI is InChI=1S/C21H21ClN2O4S/c22-15-1-4-17(5-2-15)29-10-7-23-21(26)14-11-20(25)24(13-14)16-3-6-18-19(12-16)28-9-8-27-18/h1-6,12,14H,7-11,13H2,(H,23,26)/t14-/m1/s1. The van der Waals surface area contributed by atoms with E-state index in [2.05, 4.69) is 5.32 Å². The molecule has 2 heterocycles. The van der Waals surface area contributed by atoms with Gasteiger partial charge in [-0.15, -0.1) is 11.8 Å². The molecule has 2 aliphatic rings. The van der Waals surface area contributed by atoms with Crippen LogP contribution in [0.1, 0.15) is 6.42 Å². The second kappa shape index (κ2) is 8.97. The number of carbonyl (C=O) groups is 2. The van der Waals surface area contributed by atoms with E-state index in [1.807, 2.05) is 30.3 Å². The van der Waals surface area contributed by atoms with Crippen LogP contribution in [0.3, 0.4) is 0 Å². The van der Waals surface area contributed by atoms with Crippen LogP contribution in [0.25, 0.3) is 0 Å². The molecule has 1 N–H and O–H groups in total. The highest BCUT2D eigenvalue weighted by atomic mass is 35.5. The van der Waals surface area contributed by atoms with Crippen molar-refractivity contribution in [1.82, 2.24) is 5.32 Å². The van der Waals surface area contributed by atoms with Crippen LogP contribution in [0.2, 0.25) is 5.02 Å². The minimum atomic E-state index is -0.351. The zero-order valence-electron chi connectivity index (χ0n) is 15.7. The fourth-order valence-electron chi connectivity index (χ4n) is 3.35. The molecule has 2 amide bonds. The summed E-state index contributed by atoms with van der Waals surface area (Å²) in [5, 5.41) is 3.64. The van der Waals surface area contributed by atoms with Gasteiger partial charge in [-0.05, 0) is 36.4 Å². The van der Waals surface area contributed by atoms with Gasteiger partial charge in [0.05, 0.1) is 5.92 Å². The molecule has 4 rings (SSSR count). The Morgan fingerprint density at radius 1 is 1.14 bits per heavy atom. The fourth-order valence-corrected chi connectivity index (χ4v) is 4.25. The Bertz CT molecular complexity index is 906. The van der Waals surface area contributed by atoms with Gasteiger partial charge in [-0.25, -0.2) is 0 Å². The number of hydrogen-bond donors (Lipinski definition) is 1. The van der Waals surface area contributed by atoms with Crippen molar-refractivity contribution < 1.29 is 19.1 Å². The van der Waals surface area contributed by atoms with Crippen LogP contribution in [0.5, 0.6) is 11.5 Å². The lowest BCUT2D eigenvalue weighted by molar-refractivity contribution is -0.126. The van der Waals surface area contributed by atoms with Crippen molar-refractivity contribution >= 4 is 40.9 Å². The molecule has 1 fully saturated rings.